The number of hydrogen-bond donors (Lipinski definition) is 2. The fourth-order valence-corrected chi connectivity index (χ4v) is 8.09. The number of likely N-dealkylation sites (tertiary alicyclic amines) is 1. The van der Waals surface area contributed by atoms with E-state index in [4.69, 9.17) is 21.3 Å². The van der Waals surface area contributed by atoms with E-state index in [0.717, 1.165) is 29.7 Å². The van der Waals surface area contributed by atoms with Gasteiger partial charge in [-0.3, -0.25) is 0 Å². The summed E-state index contributed by atoms with van der Waals surface area (Å²) in [7, 11) is -3.53. The number of aliphatic imine (C=N–C) groups is 1. The lowest BCUT2D eigenvalue weighted by molar-refractivity contribution is 0.181. The number of sulfone groups is 1. The maximum atomic E-state index is 13.1. The van der Waals surface area contributed by atoms with Gasteiger partial charge in [-0.05, 0) is 140 Å². The summed E-state index contributed by atoms with van der Waals surface area (Å²) in [6, 6.07) is 12.1. The maximum Gasteiger partial charge on any atom is 0.182 e. The van der Waals surface area contributed by atoms with E-state index >= 15 is 0 Å². The molecule has 0 spiro atoms. The van der Waals surface area contributed by atoms with E-state index in [0.29, 0.717) is 28.9 Å². The monoisotopic (exact) mass is 652 g/mol. The molecule has 2 fully saturated rings. The van der Waals surface area contributed by atoms with Gasteiger partial charge < -0.3 is 20.3 Å². The van der Waals surface area contributed by atoms with E-state index in [2.05, 4.69) is 48.4 Å². The van der Waals surface area contributed by atoms with E-state index in [1.165, 1.54) is 62.7 Å². The van der Waals surface area contributed by atoms with Crippen LogP contribution < -0.4 is 15.4 Å². The van der Waals surface area contributed by atoms with Gasteiger partial charge in [-0.1, -0.05) is 29.8 Å². The van der Waals surface area contributed by atoms with Crippen LogP contribution in [0.2, 0.25) is 0 Å². The van der Waals surface area contributed by atoms with Gasteiger partial charge in [-0.15, -0.1) is 0 Å². The number of anilines is 2. The molecule has 244 valence electrons. The Kier molecular flexibility index (Phi) is 11.0. The number of aryl methyl sites for hydroxylation is 1. The molecule has 0 bridgehead atoms. The molecule has 1 aliphatic carbocycles. The van der Waals surface area contributed by atoms with Crippen molar-refractivity contribution in [2.45, 2.75) is 114 Å². The fourth-order valence-electron chi connectivity index (χ4n) is 6.71. The molecule has 0 unspecified atom stereocenters. The van der Waals surface area contributed by atoms with Crippen molar-refractivity contribution in [1.82, 2.24) is 4.90 Å². The average molecular weight is 653 g/mol. The van der Waals surface area contributed by atoms with E-state index in [-0.39, 0.29) is 11.0 Å². The summed E-state index contributed by atoms with van der Waals surface area (Å²) in [6.07, 6.45) is 12.9. The zero-order valence-corrected chi connectivity index (χ0v) is 29.0. The zero-order valence-electron chi connectivity index (χ0n) is 27.4. The number of ether oxygens (including phenoxy) is 1. The smallest absolute Gasteiger partial charge is 0.182 e. The zero-order chi connectivity index (χ0) is 32.1. The first-order valence-electron chi connectivity index (χ1n) is 16.6. The van der Waals surface area contributed by atoms with Crippen LogP contribution in [0.4, 0.5) is 11.4 Å². The van der Waals surface area contributed by atoms with Crippen molar-refractivity contribution in [3.05, 3.63) is 70.5 Å². The largest absolute Gasteiger partial charge is 0.489 e. The number of nitrogens with one attached hydrogen (secondary N) is 2. The number of benzene rings is 2. The molecule has 2 aromatic rings. The number of para-hydroxylation sites is 1. The van der Waals surface area contributed by atoms with Crippen molar-refractivity contribution < 1.29 is 13.2 Å². The Morgan fingerprint density at radius 3 is 2.38 bits per heavy atom. The van der Waals surface area contributed by atoms with Crippen LogP contribution in [0.5, 0.6) is 5.75 Å². The molecule has 0 amide bonds. The Bertz CT molecular complexity index is 1550. The van der Waals surface area contributed by atoms with Crippen LogP contribution in [0.3, 0.4) is 0 Å². The van der Waals surface area contributed by atoms with Crippen LogP contribution >= 0.6 is 11.6 Å². The summed E-state index contributed by atoms with van der Waals surface area (Å²) < 4.78 is 32.6. The van der Waals surface area contributed by atoms with Gasteiger partial charge in [0.05, 0.1) is 32.7 Å². The molecule has 5 rings (SSSR count). The van der Waals surface area contributed by atoms with Gasteiger partial charge in [-0.25, -0.2) is 13.4 Å². The molecule has 3 aliphatic rings. The van der Waals surface area contributed by atoms with Gasteiger partial charge >= 0.3 is 0 Å². The van der Waals surface area contributed by atoms with Crippen molar-refractivity contribution in [2.75, 3.05) is 23.7 Å². The minimum Gasteiger partial charge on any atom is -0.489 e. The second-order valence-electron chi connectivity index (χ2n) is 13.2. The van der Waals surface area contributed by atoms with Crippen molar-refractivity contribution >= 4 is 38.6 Å². The molecule has 45 heavy (non-hydrogen) atoms. The molecule has 0 aromatic heterocycles. The van der Waals surface area contributed by atoms with E-state index in [1.807, 2.05) is 12.2 Å². The number of allylic oxidation sites excluding steroid dienone is 3. The maximum absolute atomic E-state index is 13.1. The molecule has 9 heteroatoms. The minimum absolute atomic E-state index is 0.0141. The molecule has 0 atom stereocenters. The van der Waals surface area contributed by atoms with Crippen LogP contribution in [0.15, 0.2) is 69.3 Å². The second kappa shape index (κ2) is 14.7. The quantitative estimate of drug-likeness (QED) is 0.282. The Morgan fingerprint density at radius 2 is 1.69 bits per heavy atom. The third-order valence-electron chi connectivity index (χ3n) is 9.16. The average Bonchev–Trinajstić information content (AvgIpc) is 3.54. The van der Waals surface area contributed by atoms with Gasteiger partial charge in [0.1, 0.15) is 11.6 Å². The third kappa shape index (κ3) is 8.13. The molecular formula is C36H49ClN4O3S. The van der Waals surface area contributed by atoms with Crippen molar-refractivity contribution in [3.8, 4) is 5.75 Å². The van der Waals surface area contributed by atoms with Gasteiger partial charge in [0.2, 0.25) is 0 Å². The van der Waals surface area contributed by atoms with Crippen LogP contribution in [0.25, 0.3) is 0 Å². The topological polar surface area (TPSA) is 83.0 Å². The standard InChI is InChI=1S/C36H49ClN4O3S/c1-24(2)44-33-23-29(27-16-18-28(19-17-27)41-20-10-11-21-41)26(5)22-32(33)38-35-15-9-6-12-30(37)36(40-35)39-31-13-7-8-14-34(31)45(42,43)25(3)4/h6-8,12-14,22-25,27-28,39H,9-11,15-21H2,1-5H3,(H,38,40)/b12-6-,36-30+. The van der Waals surface area contributed by atoms with E-state index in [9.17, 15) is 8.42 Å². The molecule has 2 N–H and O–H groups in total. The molecule has 2 heterocycles. The highest BCUT2D eigenvalue weighted by atomic mass is 35.5. The van der Waals surface area contributed by atoms with Crippen molar-refractivity contribution in [3.63, 3.8) is 0 Å². The van der Waals surface area contributed by atoms with Crippen LogP contribution in [-0.2, 0) is 9.84 Å². The number of hydrogen-bond acceptors (Lipinski definition) is 7. The summed E-state index contributed by atoms with van der Waals surface area (Å²) in [6.45, 7) is 12.2. The Hall–Kier alpha value is -2.81. The molecule has 1 saturated heterocycles. The summed E-state index contributed by atoms with van der Waals surface area (Å²) >= 11 is 6.71. The highest BCUT2D eigenvalue weighted by Gasteiger charge is 2.29. The minimum atomic E-state index is -3.53. The molecule has 1 saturated carbocycles. The highest BCUT2D eigenvalue weighted by Crippen LogP contribution is 2.41. The molecule has 2 aliphatic heterocycles. The number of halogens is 1. The van der Waals surface area contributed by atoms with Gasteiger partial charge in [0.25, 0.3) is 0 Å². The Labute approximate surface area is 275 Å². The highest BCUT2D eigenvalue weighted by molar-refractivity contribution is 7.92. The normalized spacial score (nSPS) is 25.0. The second-order valence-corrected chi connectivity index (χ2v) is 16.0. The first-order valence-corrected chi connectivity index (χ1v) is 18.5. The van der Waals surface area contributed by atoms with Crippen LogP contribution in [0, 0.1) is 6.92 Å². The fraction of sp³-hybridized carbons (Fsp3) is 0.528. The van der Waals surface area contributed by atoms with Gasteiger partial charge in [0.15, 0.2) is 15.7 Å². The van der Waals surface area contributed by atoms with Gasteiger partial charge in [-0.2, -0.15) is 0 Å². The summed E-state index contributed by atoms with van der Waals surface area (Å²) in [5.41, 5.74) is 3.95. The summed E-state index contributed by atoms with van der Waals surface area (Å²) in [4.78, 5) is 7.85. The predicted octanol–water partition coefficient (Wildman–Crippen LogP) is 8.77. The molecule has 2 aromatic carbocycles. The van der Waals surface area contributed by atoms with Crippen LogP contribution in [-0.4, -0.2) is 49.6 Å². The lowest BCUT2D eigenvalue weighted by Crippen LogP contribution is -2.35. The van der Waals surface area contributed by atoms with Crippen molar-refractivity contribution in [2.24, 2.45) is 4.99 Å². The summed E-state index contributed by atoms with van der Waals surface area (Å²) in [5.74, 6) is 2.47. The van der Waals surface area contributed by atoms with Crippen molar-refractivity contribution in [1.29, 1.82) is 0 Å². The number of nitrogens with zero attached hydrogens (tertiary/aromatic N) is 2. The SMILES string of the molecule is Cc1cc(N/C2=N/C(Nc3ccccc3S(=O)(=O)C(C)C)=C(Cl)\C=C/CC2)c(OC(C)C)cc1C1CCC(N2CCCC2)CC1. The lowest BCUT2D eigenvalue weighted by atomic mass is 9.79. The number of amidine groups is 1. The van der Waals surface area contributed by atoms with Gasteiger partial charge in [0, 0.05) is 12.5 Å². The third-order valence-corrected chi connectivity index (χ3v) is 11.7. The van der Waals surface area contributed by atoms with Crippen LogP contribution in [0.1, 0.15) is 96.1 Å². The number of rotatable bonds is 9. The first kappa shape index (κ1) is 33.6. The lowest BCUT2D eigenvalue weighted by Gasteiger charge is -2.35. The van der Waals surface area contributed by atoms with E-state index < -0.39 is 15.1 Å². The molecule has 0 radical (unpaired) electrons. The predicted molar refractivity (Wildman–Crippen MR) is 187 cm³/mol. The Morgan fingerprint density at radius 1 is 0.978 bits per heavy atom. The van der Waals surface area contributed by atoms with E-state index in [1.54, 1.807) is 38.1 Å². The summed E-state index contributed by atoms with van der Waals surface area (Å²) in [5, 5.41) is 6.65. The molecule has 7 nitrogen and oxygen atoms in total. The Balaban J connectivity index is 1.41. The first-order chi connectivity index (χ1) is 21.5. The molecular weight excluding hydrogens is 604 g/mol.